The molecule has 0 aliphatic carbocycles. The molecule has 0 radical (unpaired) electrons. The molecular weight excluding hydrogens is 286 g/mol. The lowest BCUT2D eigenvalue weighted by molar-refractivity contribution is -0.384. The van der Waals surface area contributed by atoms with Crippen molar-refractivity contribution in [1.29, 1.82) is 0 Å². The molecule has 0 atom stereocenters. The Kier molecular flexibility index (Phi) is 4.14. The minimum Gasteiger partial charge on any atom is -0.325 e. The number of nitro groups is 1. The first-order valence-corrected chi connectivity index (χ1v) is 6.78. The molecule has 0 fully saturated rings. The van der Waals surface area contributed by atoms with Crippen LogP contribution in [-0.2, 0) is 13.0 Å². The molecule has 0 aliphatic heterocycles. The third-order valence-electron chi connectivity index (χ3n) is 2.68. The lowest BCUT2D eigenvalue weighted by Gasteiger charge is -2.01. The van der Waals surface area contributed by atoms with Gasteiger partial charge < -0.3 is 5.73 Å². The lowest BCUT2D eigenvalue weighted by Crippen LogP contribution is -1.94. The number of rotatable bonds is 4. The van der Waals surface area contributed by atoms with E-state index in [1.54, 1.807) is 12.1 Å². The van der Waals surface area contributed by atoms with E-state index < -0.39 is 4.92 Å². The molecule has 2 rings (SSSR count). The molecule has 0 unspecified atom stereocenters. The highest BCUT2D eigenvalue weighted by atomic mass is 35.5. The van der Waals surface area contributed by atoms with Crippen molar-refractivity contribution in [3.63, 3.8) is 0 Å². The maximum absolute atomic E-state index is 10.8. The topological polar surface area (TPSA) is 82.0 Å². The number of nitro benzene ring substituents is 1. The maximum Gasteiger partial charge on any atom is 0.288 e. The van der Waals surface area contributed by atoms with Crippen molar-refractivity contribution >= 4 is 28.6 Å². The summed E-state index contributed by atoms with van der Waals surface area (Å²) in [5.74, 6) is 0. The standard InChI is InChI=1S/C12H12ClN3O2S/c1-7-11(19-12(6-14)15-7)5-8-2-3-9(13)10(4-8)16(17)18/h2-4H,5-6,14H2,1H3. The van der Waals surface area contributed by atoms with Gasteiger partial charge in [-0.3, -0.25) is 10.1 Å². The van der Waals surface area contributed by atoms with Crippen LogP contribution in [0.15, 0.2) is 18.2 Å². The Balaban J connectivity index is 2.30. The predicted octanol–water partition coefficient (Wildman–Crippen LogP) is 3.06. The van der Waals surface area contributed by atoms with Gasteiger partial charge in [-0.25, -0.2) is 4.98 Å². The number of hydrogen-bond acceptors (Lipinski definition) is 5. The fourth-order valence-corrected chi connectivity index (χ4v) is 2.90. The third kappa shape index (κ3) is 3.09. The minimum absolute atomic E-state index is 0.0691. The number of hydrogen-bond donors (Lipinski definition) is 1. The summed E-state index contributed by atoms with van der Waals surface area (Å²) in [6.45, 7) is 2.32. The Morgan fingerprint density at radius 1 is 1.53 bits per heavy atom. The van der Waals surface area contributed by atoms with E-state index in [9.17, 15) is 10.1 Å². The molecule has 0 saturated heterocycles. The van der Waals surface area contributed by atoms with E-state index in [4.69, 9.17) is 17.3 Å². The van der Waals surface area contributed by atoms with E-state index in [1.807, 2.05) is 6.92 Å². The molecule has 2 N–H and O–H groups in total. The highest BCUT2D eigenvalue weighted by Crippen LogP contribution is 2.28. The Morgan fingerprint density at radius 2 is 2.26 bits per heavy atom. The Labute approximate surface area is 119 Å². The van der Waals surface area contributed by atoms with Gasteiger partial charge in [0.15, 0.2) is 0 Å². The number of benzene rings is 1. The number of halogens is 1. The van der Waals surface area contributed by atoms with Gasteiger partial charge in [-0.2, -0.15) is 0 Å². The molecule has 2 aromatic rings. The van der Waals surface area contributed by atoms with Crippen molar-refractivity contribution in [3.8, 4) is 0 Å². The van der Waals surface area contributed by atoms with Crippen LogP contribution in [0.2, 0.25) is 5.02 Å². The van der Waals surface area contributed by atoms with Crippen molar-refractivity contribution in [2.45, 2.75) is 19.9 Å². The molecule has 5 nitrogen and oxygen atoms in total. The van der Waals surface area contributed by atoms with Crippen LogP contribution in [0, 0.1) is 17.0 Å². The van der Waals surface area contributed by atoms with E-state index in [2.05, 4.69) is 4.98 Å². The highest BCUT2D eigenvalue weighted by Gasteiger charge is 2.14. The van der Waals surface area contributed by atoms with E-state index in [1.165, 1.54) is 17.4 Å². The molecule has 1 heterocycles. The summed E-state index contributed by atoms with van der Waals surface area (Å²) in [5, 5.41) is 11.9. The molecule has 0 saturated carbocycles. The molecule has 1 aromatic carbocycles. The van der Waals surface area contributed by atoms with Crippen LogP contribution >= 0.6 is 22.9 Å². The van der Waals surface area contributed by atoms with Gasteiger partial charge in [-0.1, -0.05) is 17.7 Å². The molecule has 1 aromatic heterocycles. The smallest absolute Gasteiger partial charge is 0.288 e. The summed E-state index contributed by atoms with van der Waals surface area (Å²) in [6, 6.07) is 4.84. The second kappa shape index (κ2) is 5.64. The van der Waals surface area contributed by atoms with Crippen molar-refractivity contribution in [2.75, 3.05) is 0 Å². The second-order valence-electron chi connectivity index (χ2n) is 4.04. The summed E-state index contributed by atoms with van der Waals surface area (Å²) in [4.78, 5) is 15.8. The van der Waals surface area contributed by atoms with Gasteiger partial charge in [0.1, 0.15) is 10.0 Å². The maximum atomic E-state index is 10.8. The molecule has 19 heavy (non-hydrogen) atoms. The van der Waals surface area contributed by atoms with Crippen LogP contribution in [0.4, 0.5) is 5.69 Å². The van der Waals surface area contributed by atoms with Crippen molar-refractivity contribution < 1.29 is 4.92 Å². The van der Waals surface area contributed by atoms with Gasteiger partial charge in [0.05, 0.1) is 10.6 Å². The van der Waals surface area contributed by atoms with Crippen LogP contribution in [0.5, 0.6) is 0 Å². The van der Waals surface area contributed by atoms with Crippen molar-refractivity contribution in [3.05, 3.63) is 54.5 Å². The van der Waals surface area contributed by atoms with Crippen LogP contribution in [0.1, 0.15) is 21.1 Å². The van der Waals surface area contributed by atoms with Gasteiger partial charge in [0.25, 0.3) is 5.69 Å². The Morgan fingerprint density at radius 3 is 2.84 bits per heavy atom. The quantitative estimate of drug-likeness (QED) is 0.694. The second-order valence-corrected chi connectivity index (χ2v) is 5.62. The lowest BCUT2D eigenvalue weighted by atomic mass is 10.1. The number of aryl methyl sites for hydroxylation is 1. The molecule has 0 amide bonds. The molecule has 0 bridgehead atoms. The zero-order valence-corrected chi connectivity index (χ0v) is 11.8. The van der Waals surface area contributed by atoms with Crippen LogP contribution in [0.3, 0.4) is 0 Å². The summed E-state index contributed by atoms with van der Waals surface area (Å²) < 4.78 is 0. The van der Waals surface area contributed by atoms with Crippen LogP contribution in [-0.4, -0.2) is 9.91 Å². The predicted molar refractivity (Wildman–Crippen MR) is 75.7 cm³/mol. The zero-order valence-electron chi connectivity index (χ0n) is 10.2. The molecule has 0 aliphatic rings. The van der Waals surface area contributed by atoms with Crippen molar-refractivity contribution in [2.24, 2.45) is 5.73 Å². The first kappa shape index (κ1) is 13.9. The number of nitrogens with two attached hydrogens (primary N) is 1. The first-order chi connectivity index (χ1) is 9.01. The van der Waals surface area contributed by atoms with Gasteiger partial charge in [0.2, 0.25) is 0 Å². The van der Waals surface area contributed by atoms with Crippen LogP contribution in [0.25, 0.3) is 0 Å². The van der Waals surface area contributed by atoms with E-state index in [0.717, 1.165) is 21.1 Å². The monoisotopic (exact) mass is 297 g/mol. The average molecular weight is 298 g/mol. The van der Waals surface area contributed by atoms with E-state index >= 15 is 0 Å². The molecule has 7 heteroatoms. The summed E-state index contributed by atoms with van der Waals surface area (Å²) >= 11 is 7.32. The van der Waals surface area contributed by atoms with Crippen LogP contribution < -0.4 is 5.73 Å². The number of thiazole rings is 1. The van der Waals surface area contributed by atoms with E-state index in [0.29, 0.717) is 13.0 Å². The van der Waals surface area contributed by atoms with Gasteiger partial charge in [-0.05, 0) is 18.6 Å². The first-order valence-electron chi connectivity index (χ1n) is 5.59. The normalized spacial score (nSPS) is 10.7. The minimum atomic E-state index is -0.476. The van der Waals surface area contributed by atoms with Gasteiger partial charge in [0, 0.05) is 23.9 Å². The average Bonchev–Trinajstić information content (AvgIpc) is 2.72. The third-order valence-corrected chi connectivity index (χ3v) is 4.18. The molecule has 0 spiro atoms. The zero-order chi connectivity index (χ0) is 14.0. The van der Waals surface area contributed by atoms with E-state index in [-0.39, 0.29) is 10.7 Å². The molecule has 100 valence electrons. The SMILES string of the molecule is Cc1nc(CN)sc1Cc1ccc(Cl)c([N+](=O)[O-])c1. The summed E-state index contributed by atoms with van der Waals surface area (Å²) in [5.41, 5.74) is 7.24. The van der Waals surface area contributed by atoms with Crippen molar-refractivity contribution in [1.82, 2.24) is 4.98 Å². The number of nitrogens with zero attached hydrogens (tertiary/aromatic N) is 2. The number of aromatic nitrogens is 1. The largest absolute Gasteiger partial charge is 0.325 e. The van der Waals surface area contributed by atoms with Gasteiger partial charge >= 0.3 is 0 Å². The highest BCUT2D eigenvalue weighted by molar-refractivity contribution is 7.11. The molecular formula is C12H12ClN3O2S. The Hall–Kier alpha value is -1.50. The van der Waals surface area contributed by atoms with Gasteiger partial charge in [-0.15, -0.1) is 11.3 Å². The fraction of sp³-hybridized carbons (Fsp3) is 0.250. The summed E-state index contributed by atoms with van der Waals surface area (Å²) in [6.07, 6.45) is 0.599. The Bertz CT molecular complexity index is 627. The fourth-order valence-electron chi connectivity index (χ4n) is 1.73. The summed E-state index contributed by atoms with van der Waals surface area (Å²) in [7, 11) is 0.